The predicted molar refractivity (Wildman–Crippen MR) is 71.7 cm³/mol. The van der Waals surface area contributed by atoms with E-state index < -0.39 is 0 Å². The molecule has 2 rings (SSSR count). The van der Waals surface area contributed by atoms with Gasteiger partial charge in [-0.2, -0.15) is 4.98 Å². The van der Waals surface area contributed by atoms with Crippen molar-refractivity contribution in [3.63, 3.8) is 0 Å². The third-order valence-corrected chi connectivity index (χ3v) is 2.71. The van der Waals surface area contributed by atoms with Crippen LogP contribution in [0.5, 0.6) is 5.88 Å². The Morgan fingerprint density at radius 3 is 3.00 bits per heavy atom. The van der Waals surface area contributed by atoms with E-state index in [0.717, 1.165) is 24.6 Å². The Hall–Kier alpha value is -1.76. The van der Waals surface area contributed by atoms with E-state index in [-0.39, 0.29) is 0 Å². The Morgan fingerprint density at radius 1 is 1.50 bits per heavy atom. The summed E-state index contributed by atoms with van der Waals surface area (Å²) in [5.74, 6) is 5.44. The fourth-order valence-electron chi connectivity index (χ4n) is 1.60. The van der Waals surface area contributed by atoms with Gasteiger partial charge in [0.1, 0.15) is 18.2 Å². The number of nitrogens with zero attached hydrogens (tertiary/aromatic N) is 2. The number of anilines is 1. The van der Waals surface area contributed by atoms with Crippen LogP contribution in [0.4, 0.5) is 5.82 Å². The number of hydrogen-bond donors (Lipinski definition) is 1. The molecule has 0 spiro atoms. The van der Waals surface area contributed by atoms with Crippen molar-refractivity contribution in [1.82, 2.24) is 9.97 Å². The molecule has 1 N–H and O–H groups in total. The molecule has 4 heteroatoms. The van der Waals surface area contributed by atoms with Gasteiger partial charge < -0.3 is 10.1 Å². The van der Waals surface area contributed by atoms with Gasteiger partial charge in [-0.3, -0.25) is 0 Å². The van der Waals surface area contributed by atoms with Crippen LogP contribution in [0.1, 0.15) is 44.3 Å². The summed E-state index contributed by atoms with van der Waals surface area (Å²) < 4.78 is 5.55. The van der Waals surface area contributed by atoms with Gasteiger partial charge in [0.25, 0.3) is 0 Å². The third-order valence-electron chi connectivity index (χ3n) is 2.71. The molecule has 0 unspecified atom stereocenters. The zero-order valence-corrected chi connectivity index (χ0v) is 10.8. The van der Waals surface area contributed by atoms with E-state index in [2.05, 4.69) is 28.1 Å². The quantitative estimate of drug-likeness (QED) is 0.592. The molecule has 0 radical (unpaired) electrons. The molecule has 0 saturated heterocycles. The van der Waals surface area contributed by atoms with Gasteiger partial charge in [0.2, 0.25) is 5.88 Å². The molecule has 96 valence electrons. The van der Waals surface area contributed by atoms with E-state index in [4.69, 9.17) is 11.2 Å². The summed E-state index contributed by atoms with van der Waals surface area (Å²) in [6.07, 6.45) is 9.23. The van der Waals surface area contributed by atoms with Gasteiger partial charge in [0.15, 0.2) is 0 Å². The summed E-state index contributed by atoms with van der Waals surface area (Å²) >= 11 is 0. The summed E-state index contributed by atoms with van der Waals surface area (Å²) in [4.78, 5) is 8.95. The molecule has 1 aromatic rings. The van der Waals surface area contributed by atoms with Crippen LogP contribution >= 0.6 is 0 Å². The largest absolute Gasteiger partial charge is 0.477 e. The van der Waals surface area contributed by atoms with Gasteiger partial charge in [0.05, 0.1) is 0 Å². The molecule has 0 bridgehead atoms. The Balaban J connectivity index is 2.06. The van der Waals surface area contributed by atoms with Crippen molar-refractivity contribution in [2.75, 3.05) is 18.5 Å². The van der Waals surface area contributed by atoms with Gasteiger partial charge in [-0.25, -0.2) is 4.98 Å². The molecule has 1 saturated carbocycles. The molecule has 1 fully saturated rings. The van der Waals surface area contributed by atoms with E-state index in [0.29, 0.717) is 24.8 Å². The molecule has 0 atom stereocenters. The maximum Gasteiger partial charge on any atom is 0.218 e. The fraction of sp³-hybridized carbons (Fsp3) is 0.571. The second-order valence-electron chi connectivity index (χ2n) is 4.45. The zero-order chi connectivity index (χ0) is 12.8. The SMILES string of the molecule is C#CCCOc1cc(NCCC)nc(C2CC2)n1. The van der Waals surface area contributed by atoms with Crippen LogP contribution < -0.4 is 10.1 Å². The third kappa shape index (κ3) is 3.63. The number of nitrogens with one attached hydrogen (secondary N) is 1. The molecule has 0 amide bonds. The summed E-state index contributed by atoms with van der Waals surface area (Å²) in [5.41, 5.74) is 0. The Kier molecular flexibility index (Phi) is 4.40. The normalized spacial score (nSPS) is 14.0. The van der Waals surface area contributed by atoms with Crippen molar-refractivity contribution in [2.24, 2.45) is 0 Å². The standard InChI is InChI=1S/C14H19N3O/c1-3-5-9-18-13-10-12(15-8-4-2)16-14(17-13)11-6-7-11/h1,10-11H,4-9H2,2H3,(H,15,16,17). The predicted octanol–water partition coefficient (Wildman–Crippen LogP) is 2.58. The Morgan fingerprint density at radius 2 is 2.33 bits per heavy atom. The van der Waals surface area contributed by atoms with Gasteiger partial charge in [0, 0.05) is 24.9 Å². The average Bonchev–Trinajstić information content (AvgIpc) is 3.21. The second kappa shape index (κ2) is 6.25. The molecule has 1 heterocycles. The minimum atomic E-state index is 0.505. The highest BCUT2D eigenvalue weighted by Crippen LogP contribution is 2.39. The molecular formula is C14H19N3O. The minimum absolute atomic E-state index is 0.505. The zero-order valence-electron chi connectivity index (χ0n) is 10.8. The monoisotopic (exact) mass is 245 g/mol. The van der Waals surface area contributed by atoms with Crippen LogP contribution in [0.25, 0.3) is 0 Å². The van der Waals surface area contributed by atoms with E-state index in [1.807, 2.05) is 6.07 Å². The maximum atomic E-state index is 5.55. The van der Waals surface area contributed by atoms with E-state index >= 15 is 0 Å². The fourth-order valence-corrected chi connectivity index (χ4v) is 1.60. The first-order valence-electron chi connectivity index (χ1n) is 6.52. The van der Waals surface area contributed by atoms with E-state index in [1.54, 1.807) is 0 Å². The van der Waals surface area contributed by atoms with E-state index in [1.165, 1.54) is 12.8 Å². The van der Waals surface area contributed by atoms with Gasteiger partial charge in [-0.15, -0.1) is 12.3 Å². The van der Waals surface area contributed by atoms with Crippen LogP contribution in [0.2, 0.25) is 0 Å². The Bertz CT molecular complexity index is 435. The lowest BCUT2D eigenvalue weighted by atomic mass is 10.3. The molecule has 0 aromatic carbocycles. The van der Waals surface area contributed by atoms with Crippen molar-refractivity contribution in [3.05, 3.63) is 11.9 Å². The number of terminal acetylenes is 1. The lowest BCUT2D eigenvalue weighted by Gasteiger charge is -2.09. The molecule has 0 aliphatic heterocycles. The maximum absolute atomic E-state index is 5.55. The number of ether oxygens (including phenoxy) is 1. The number of rotatable bonds is 7. The van der Waals surface area contributed by atoms with E-state index in [9.17, 15) is 0 Å². The first kappa shape index (κ1) is 12.7. The lowest BCUT2D eigenvalue weighted by molar-refractivity contribution is 0.313. The molecule has 1 aliphatic carbocycles. The smallest absolute Gasteiger partial charge is 0.218 e. The second-order valence-corrected chi connectivity index (χ2v) is 4.45. The van der Waals surface area contributed by atoms with Crippen LogP contribution in [-0.4, -0.2) is 23.1 Å². The van der Waals surface area contributed by atoms with Crippen molar-refractivity contribution in [3.8, 4) is 18.2 Å². The summed E-state index contributed by atoms with van der Waals surface area (Å²) in [6.45, 7) is 3.54. The average molecular weight is 245 g/mol. The summed E-state index contributed by atoms with van der Waals surface area (Å²) in [6, 6.07) is 1.85. The highest BCUT2D eigenvalue weighted by molar-refractivity contribution is 5.39. The van der Waals surface area contributed by atoms with Crippen LogP contribution in [0, 0.1) is 12.3 Å². The van der Waals surface area contributed by atoms with Crippen LogP contribution in [0.3, 0.4) is 0 Å². The van der Waals surface area contributed by atoms with Gasteiger partial charge in [-0.05, 0) is 19.3 Å². The van der Waals surface area contributed by atoms with Gasteiger partial charge in [-0.1, -0.05) is 6.92 Å². The van der Waals surface area contributed by atoms with Crippen molar-refractivity contribution < 1.29 is 4.74 Å². The lowest BCUT2D eigenvalue weighted by Crippen LogP contribution is -2.07. The van der Waals surface area contributed by atoms with Crippen molar-refractivity contribution in [1.29, 1.82) is 0 Å². The van der Waals surface area contributed by atoms with Crippen LogP contribution in [-0.2, 0) is 0 Å². The minimum Gasteiger partial charge on any atom is -0.477 e. The highest BCUT2D eigenvalue weighted by Gasteiger charge is 2.27. The molecule has 1 aromatic heterocycles. The highest BCUT2D eigenvalue weighted by atomic mass is 16.5. The molecule has 4 nitrogen and oxygen atoms in total. The molecular weight excluding hydrogens is 226 g/mol. The van der Waals surface area contributed by atoms with Gasteiger partial charge >= 0.3 is 0 Å². The van der Waals surface area contributed by atoms with Crippen molar-refractivity contribution in [2.45, 2.75) is 38.5 Å². The summed E-state index contributed by atoms with van der Waals surface area (Å²) in [7, 11) is 0. The molecule has 1 aliphatic rings. The first-order chi connectivity index (χ1) is 8.83. The topological polar surface area (TPSA) is 47.0 Å². The Labute approximate surface area is 108 Å². The van der Waals surface area contributed by atoms with Crippen molar-refractivity contribution >= 4 is 5.82 Å². The number of hydrogen-bond acceptors (Lipinski definition) is 4. The number of aromatic nitrogens is 2. The summed E-state index contributed by atoms with van der Waals surface area (Å²) in [5, 5.41) is 3.28. The molecule has 18 heavy (non-hydrogen) atoms. The first-order valence-corrected chi connectivity index (χ1v) is 6.52. The van der Waals surface area contributed by atoms with Crippen LogP contribution in [0.15, 0.2) is 6.07 Å².